The van der Waals surface area contributed by atoms with E-state index in [-0.39, 0.29) is 17.9 Å². The first kappa shape index (κ1) is 17.4. The van der Waals surface area contributed by atoms with Gasteiger partial charge in [0.15, 0.2) is 0 Å². The fraction of sp³-hybridized carbons (Fsp3) is 0.300. The van der Waals surface area contributed by atoms with E-state index in [4.69, 9.17) is 6.42 Å². The fourth-order valence-corrected chi connectivity index (χ4v) is 4.63. The highest BCUT2D eigenvalue weighted by molar-refractivity contribution is 7.18. The first-order valence-corrected chi connectivity index (χ1v) is 9.72. The number of aryl methyl sites for hydroxylation is 3. The molecule has 0 radical (unpaired) electrons. The molecule has 136 valence electrons. The number of carbonyl (C=O) groups excluding carboxylic acids is 1. The van der Waals surface area contributed by atoms with Crippen LogP contribution in [0.15, 0.2) is 23.0 Å². The number of nitrogens with one attached hydrogen (secondary N) is 2. The van der Waals surface area contributed by atoms with Gasteiger partial charge < -0.3 is 10.3 Å². The highest BCUT2D eigenvalue weighted by Gasteiger charge is 2.19. The molecule has 2 N–H and O–H groups in total. The zero-order chi connectivity index (χ0) is 18.8. The van der Waals surface area contributed by atoms with Gasteiger partial charge >= 0.3 is 0 Å². The summed E-state index contributed by atoms with van der Waals surface area (Å²) in [6, 6.07) is 5.12. The van der Waals surface area contributed by atoms with E-state index in [0.29, 0.717) is 23.8 Å². The third-order valence-corrected chi connectivity index (χ3v) is 5.81. The molecule has 0 aromatic carbocycles. The number of hydrogen-bond acceptors (Lipinski definition) is 5. The molecule has 0 atom stereocenters. The Bertz CT molecular complexity index is 1120. The first-order valence-electron chi connectivity index (χ1n) is 8.91. The summed E-state index contributed by atoms with van der Waals surface area (Å²) in [4.78, 5) is 38.3. The van der Waals surface area contributed by atoms with E-state index in [1.54, 1.807) is 29.5 Å². The van der Waals surface area contributed by atoms with Crippen molar-refractivity contribution in [2.45, 2.75) is 38.5 Å². The van der Waals surface area contributed by atoms with Crippen molar-refractivity contribution in [3.05, 3.63) is 50.5 Å². The smallest absolute Gasteiger partial charge is 0.259 e. The number of aromatic nitrogens is 3. The van der Waals surface area contributed by atoms with E-state index in [2.05, 4.69) is 26.2 Å². The Balaban J connectivity index is 1.48. The topological polar surface area (TPSA) is 87.7 Å². The maximum Gasteiger partial charge on any atom is 0.259 e. The number of carbonyl (C=O) groups is 1. The normalized spacial score (nSPS) is 13.1. The molecule has 0 aliphatic heterocycles. The van der Waals surface area contributed by atoms with Crippen LogP contribution in [0.4, 0.5) is 5.82 Å². The molecule has 0 saturated heterocycles. The van der Waals surface area contributed by atoms with Crippen molar-refractivity contribution in [1.29, 1.82) is 0 Å². The molecule has 3 heterocycles. The van der Waals surface area contributed by atoms with Gasteiger partial charge in [0, 0.05) is 17.7 Å². The maximum atomic E-state index is 12.5. The maximum absolute atomic E-state index is 12.5. The lowest BCUT2D eigenvalue weighted by molar-refractivity contribution is -0.116. The SMILES string of the molecule is C#Cc1cccc(NC(=O)CCc2nc3sc4c(c3c(=O)[nH]2)CCCC4)n1. The van der Waals surface area contributed by atoms with Crippen molar-refractivity contribution in [2.75, 3.05) is 5.32 Å². The highest BCUT2D eigenvalue weighted by atomic mass is 32.1. The van der Waals surface area contributed by atoms with Gasteiger partial charge in [0.1, 0.15) is 22.2 Å². The van der Waals surface area contributed by atoms with Crippen molar-refractivity contribution in [1.82, 2.24) is 15.0 Å². The van der Waals surface area contributed by atoms with Crippen LogP contribution in [0.5, 0.6) is 0 Å². The molecule has 3 aromatic rings. The summed E-state index contributed by atoms with van der Waals surface area (Å²) in [7, 11) is 0. The lowest BCUT2D eigenvalue weighted by atomic mass is 9.97. The molecule has 3 aromatic heterocycles. The zero-order valence-corrected chi connectivity index (χ0v) is 15.5. The van der Waals surface area contributed by atoms with Gasteiger partial charge in [-0.1, -0.05) is 12.0 Å². The van der Waals surface area contributed by atoms with Crippen LogP contribution >= 0.6 is 11.3 Å². The number of rotatable bonds is 4. The summed E-state index contributed by atoms with van der Waals surface area (Å²) in [5.74, 6) is 3.18. The molecule has 4 rings (SSSR count). The molecule has 0 saturated carbocycles. The molecule has 6 nitrogen and oxygen atoms in total. The predicted octanol–water partition coefficient (Wildman–Crippen LogP) is 2.81. The Kier molecular flexibility index (Phi) is 4.73. The quantitative estimate of drug-likeness (QED) is 0.684. The minimum Gasteiger partial charge on any atom is -0.311 e. The summed E-state index contributed by atoms with van der Waals surface area (Å²) in [5.41, 5.74) is 1.53. The van der Waals surface area contributed by atoms with Crippen molar-refractivity contribution in [3.63, 3.8) is 0 Å². The molecular formula is C20H18N4O2S. The second-order valence-electron chi connectivity index (χ2n) is 6.50. The van der Waals surface area contributed by atoms with Gasteiger partial charge in [-0.25, -0.2) is 9.97 Å². The van der Waals surface area contributed by atoms with E-state index in [1.165, 1.54) is 16.9 Å². The number of thiophene rings is 1. The van der Waals surface area contributed by atoms with Crippen LogP contribution in [0.1, 0.15) is 41.2 Å². The Morgan fingerprint density at radius 2 is 2.15 bits per heavy atom. The summed E-state index contributed by atoms with van der Waals surface area (Å²) in [6.07, 6.45) is 10.1. The van der Waals surface area contributed by atoms with E-state index in [1.807, 2.05) is 0 Å². The van der Waals surface area contributed by atoms with E-state index in [0.717, 1.165) is 29.5 Å². The largest absolute Gasteiger partial charge is 0.311 e. The second-order valence-corrected chi connectivity index (χ2v) is 7.59. The molecule has 1 aliphatic carbocycles. The molecule has 0 bridgehead atoms. The Labute approximate surface area is 160 Å². The molecule has 0 unspecified atom stereocenters. The molecule has 7 heteroatoms. The third-order valence-electron chi connectivity index (χ3n) is 4.63. The highest BCUT2D eigenvalue weighted by Crippen LogP contribution is 2.33. The average molecular weight is 378 g/mol. The standard InChI is InChI=1S/C20H18N4O2S/c1-2-12-6-5-9-15(21-12)22-17(25)11-10-16-23-19(26)18-13-7-3-4-8-14(13)27-20(18)24-16/h1,5-6,9H,3-4,7-8,10-11H2,(H,21,22,25)(H,23,24,26). The van der Waals surface area contributed by atoms with Crippen LogP contribution < -0.4 is 10.9 Å². The van der Waals surface area contributed by atoms with Gasteiger partial charge in [-0.15, -0.1) is 17.8 Å². The minimum atomic E-state index is -0.204. The number of hydrogen-bond donors (Lipinski definition) is 2. The summed E-state index contributed by atoms with van der Waals surface area (Å²) in [5, 5.41) is 3.45. The van der Waals surface area contributed by atoms with Crippen LogP contribution in [0.25, 0.3) is 10.2 Å². The second kappa shape index (κ2) is 7.33. The molecule has 0 fully saturated rings. The van der Waals surface area contributed by atoms with Crippen LogP contribution in [0.3, 0.4) is 0 Å². The van der Waals surface area contributed by atoms with Crippen molar-refractivity contribution >= 4 is 33.3 Å². The number of nitrogens with zero attached hydrogens (tertiary/aromatic N) is 2. The Morgan fingerprint density at radius 3 is 3.00 bits per heavy atom. The van der Waals surface area contributed by atoms with Gasteiger partial charge in [0.25, 0.3) is 5.56 Å². The lowest BCUT2D eigenvalue weighted by Crippen LogP contribution is -2.17. The Morgan fingerprint density at radius 1 is 1.30 bits per heavy atom. The van der Waals surface area contributed by atoms with Crippen molar-refractivity contribution in [3.8, 4) is 12.3 Å². The van der Waals surface area contributed by atoms with Gasteiger partial charge in [-0.2, -0.15) is 0 Å². The monoisotopic (exact) mass is 378 g/mol. The van der Waals surface area contributed by atoms with Crippen LogP contribution in [0, 0.1) is 12.3 Å². The van der Waals surface area contributed by atoms with Crippen LogP contribution in [-0.2, 0) is 24.1 Å². The van der Waals surface area contributed by atoms with E-state index < -0.39 is 0 Å². The predicted molar refractivity (Wildman–Crippen MR) is 106 cm³/mol. The summed E-state index contributed by atoms with van der Waals surface area (Å²) >= 11 is 1.61. The number of pyridine rings is 1. The Hall–Kier alpha value is -2.98. The van der Waals surface area contributed by atoms with Crippen LogP contribution in [-0.4, -0.2) is 20.9 Å². The first-order chi connectivity index (χ1) is 13.1. The number of anilines is 1. The fourth-order valence-electron chi connectivity index (χ4n) is 3.35. The number of amides is 1. The van der Waals surface area contributed by atoms with Gasteiger partial charge in [-0.05, 0) is 43.4 Å². The minimum absolute atomic E-state index is 0.0989. The number of aromatic amines is 1. The molecule has 1 aliphatic rings. The average Bonchev–Trinajstić information content (AvgIpc) is 3.05. The third kappa shape index (κ3) is 3.62. The van der Waals surface area contributed by atoms with E-state index in [9.17, 15) is 9.59 Å². The van der Waals surface area contributed by atoms with Crippen molar-refractivity contribution in [2.24, 2.45) is 0 Å². The van der Waals surface area contributed by atoms with Crippen molar-refractivity contribution < 1.29 is 4.79 Å². The number of H-pyrrole nitrogens is 1. The molecular weight excluding hydrogens is 360 g/mol. The van der Waals surface area contributed by atoms with Gasteiger partial charge in [0.2, 0.25) is 5.91 Å². The number of terminal acetylenes is 1. The lowest BCUT2D eigenvalue weighted by Gasteiger charge is -2.09. The summed E-state index contributed by atoms with van der Waals surface area (Å²) in [6.45, 7) is 0. The van der Waals surface area contributed by atoms with Gasteiger partial charge in [-0.3, -0.25) is 9.59 Å². The number of fused-ring (bicyclic) bond motifs is 3. The van der Waals surface area contributed by atoms with E-state index >= 15 is 0 Å². The molecule has 27 heavy (non-hydrogen) atoms. The zero-order valence-electron chi connectivity index (χ0n) is 14.7. The molecule has 0 spiro atoms. The van der Waals surface area contributed by atoms with Gasteiger partial charge in [0.05, 0.1) is 5.39 Å². The van der Waals surface area contributed by atoms with Crippen LogP contribution in [0.2, 0.25) is 0 Å². The molecule has 1 amide bonds. The summed E-state index contributed by atoms with van der Waals surface area (Å²) < 4.78 is 0.